The normalized spacial score (nSPS) is 11.5. The molecule has 274 valence electrons. The highest BCUT2D eigenvalue weighted by atomic mass is 15.0. The largest absolute Gasteiger partial charge is 0.309 e. The van der Waals surface area contributed by atoms with Gasteiger partial charge in [-0.3, -0.25) is 0 Å². The van der Waals surface area contributed by atoms with Crippen molar-refractivity contribution < 1.29 is 0 Å². The molecule has 0 aliphatic rings. The van der Waals surface area contributed by atoms with Gasteiger partial charge in [-0.1, -0.05) is 162 Å². The zero-order valence-electron chi connectivity index (χ0n) is 32.9. The smallest absolute Gasteiger partial charge is 0.164 e. The van der Waals surface area contributed by atoms with Gasteiger partial charge in [-0.2, -0.15) is 0 Å². The summed E-state index contributed by atoms with van der Waals surface area (Å²) in [5.74, 6) is 1.21. The Hall–Kier alpha value is -7.43. The lowest BCUT2D eigenvalue weighted by Crippen LogP contribution is -2.46. The van der Waals surface area contributed by atoms with Crippen LogP contribution in [0.5, 0.6) is 0 Å². The Bertz CT molecular complexity index is 3520. The summed E-state index contributed by atoms with van der Waals surface area (Å²) < 4.78 is 2.27. The number of aromatic nitrogens is 4. The van der Waals surface area contributed by atoms with Crippen molar-refractivity contribution in [2.24, 2.45) is 0 Å². The highest BCUT2D eigenvalue weighted by Crippen LogP contribution is 2.36. The van der Waals surface area contributed by atoms with Crippen LogP contribution in [0.2, 0.25) is 0 Å². The van der Waals surface area contributed by atoms with Crippen molar-refractivity contribution in [1.29, 1.82) is 0 Å². The van der Waals surface area contributed by atoms with Crippen LogP contribution in [0, 0.1) is 0 Å². The summed E-state index contributed by atoms with van der Waals surface area (Å²) >= 11 is 0. The van der Waals surface area contributed by atoms with Gasteiger partial charge in [-0.25, -0.2) is 15.0 Å². The summed E-state index contributed by atoms with van der Waals surface area (Å²) in [6.07, 6.45) is 0. The lowest BCUT2D eigenvalue weighted by molar-refractivity contribution is 1.08. The zero-order chi connectivity index (χ0) is 41.2. The monoisotopic (exact) mass is 766 g/mol. The van der Waals surface area contributed by atoms with E-state index in [-0.39, 0.29) is 16.8 Å². The van der Waals surface area contributed by atoms with Crippen molar-refractivity contribution in [1.82, 2.24) is 19.5 Å². The molecule has 0 amide bonds. The Morgan fingerprint density at radius 1 is 0.328 bits per heavy atom. The number of nitrogens with zero attached hydrogens (tertiary/aromatic N) is 4. The van der Waals surface area contributed by atoms with Gasteiger partial charge in [0, 0.05) is 33.2 Å². The van der Waals surface area contributed by atoms with E-state index in [0.29, 0.717) is 33.7 Å². The van der Waals surface area contributed by atoms with E-state index in [4.69, 9.17) is 46.3 Å². The molecule has 0 saturated carbocycles. The average molecular weight is 766 g/mol. The van der Waals surface area contributed by atoms with Gasteiger partial charge in [-0.05, 0) is 80.2 Å². The molecular formula is C53H30B4N4. The van der Waals surface area contributed by atoms with Crippen LogP contribution in [-0.2, 0) is 0 Å². The van der Waals surface area contributed by atoms with Crippen LogP contribution in [0.4, 0.5) is 0 Å². The number of rotatable bonds is 6. The standard InChI is InChI=1S/C53H30B4N4/c54-47-45(36-25-23-33-28-35(24-22-34(33)29-36)40-20-11-15-31-12-7-8-18-39(31)40)48(55)50(57)49(56)46(47)53-59-51(32-13-3-1-4-14-32)58-52(60-53)37-26-27-42-41-19-9-10-21-43(41)61(44(42)30-37)38-16-5-2-6-17-38/h1-30H. The fraction of sp³-hybridized carbons (Fsp3) is 0. The van der Waals surface area contributed by atoms with Gasteiger partial charge < -0.3 is 4.57 Å². The first-order valence-corrected chi connectivity index (χ1v) is 20.1. The molecule has 2 heterocycles. The highest BCUT2D eigenvalue weighted by molar-refractivity contribution is 6.63. The molecule has 0 spiro atoms. The molecule has 0 unspecified atom stereocenters. The van der Waals surface area contributed by atoms with E-state index in [9.17, 15) is 0 Å². The summed E-state index contributed by atoms with van der Waals surface area (Å²) in [6, 6.07) is 62.4. The van der Waals surface area contributed by atoms with Crippen LogP contribution in [-0.4, -0.2) is 50.9 Å². The highest BCUT2D eigenvalue weighted by Gasteiger charge is 2.22. The molecule has 8 heteroatoms. The molecule has 0 fully saturated rings. The molecule has 0 N–H and O–H groups in total. The van der Waals surface area contributed by atoms with Crippen molar-refractivity contribution in [2.45, 2.75) is 0 Å². The van der Waals surface area contributed by atoms with Crippen molar-refractivity contribution in [2.75, 3.05) is 0 Å². The maximum Gasteiger partial charge on any atom is 0.164 e. The first-order chi connectivity index (χ1) is 29.9. The lowest BCUT2D eigenvalue weighted by Gasteiger charge is -2.23. The summed E-state index contributed by atoms with van der Waals surface area (Å²) in [5, 5.41) is 6.78. The first-order valence-electron chi connectivity index (χ1n) is 20.1. The van der Waals surface area contributed by atoms with Crippen molar-refractivity contribution in [3.8, 4) is 62.1 Å². The first kappa shape index (κ1) is 36.6. The number of hydrogen-bond acceptors (Lipinski definition) is 3. The van der Waals surface area contributed by atoms with E-state index in [2.05, 4.69) is 126 Å². The van der Waals surface area contributed by atoms with Crippen LogP contribution >= 0.6 is 0 Å². The minimum absolute atomic E-state index is 0.204. The second-order valence-electron chi connectivity index (χ2n) is 15.3. The number of para-hydroxylation sites is 2. The molecular weight excluding hydrogens is 736 g/mol. The molecule has 4 nitrogen and oxygen atoms in total. The van der Waals surface area contributed by atoms with E-state index in [0.717, 1.165) is 60.5 Å². The summed E-state index contributed by atoms with van der Waals surface area (Å²) in [5.41, 5.74) is 9.89. The number of fused-ring (bicyclic) bond motifs is 5. The maximum absolute atomic E-state index is 7.17. The molecule has 0 bridgehead atoms. The van der Waals surface area contributed by atoms with Crippen molar-refractivity contribution in [3.63, 3.8) is 0 Å². The molecule has 0 atom stereocenters. The van der Waals surface area contributed by atoms with Crippen LogP contribution in [0.15, 0.2) is 182 Å². The minimum Gasteiger partial charge on any atom is -0.309 e. The third-order valence-electron chi connectivity index (χ3n) is 11.7. The van der Waals surface area contributed by atoms with Gasteiger partial charge >= 0.3 is 0 Å². The second-order valence-corrected chi connectivity index (χ2v) is 15.3. The molecule has 9 aromatic carbocycles. The molecule has 8 radical (unpaired) electrons. The van der Waals surface area contributed by atoms with E-state index in [1.165, 1.54) is 16.3 Å². The van der Waals surface area contributed by atoms with Crippen LogP contribution in [0.25, 0.3) is 105 Å². The van der Waals surface area contributed by atoms with E-state index in [1.807, 2.05) is 60.7 Å². The Morgan fingerprint density at radius 2 is 0.902 bits per heavy atom. The Balaban J connectivity index is 1.07. The SMILES string of the molecule is [B]c1c([B])c(-c2ccc3cc(-c4cccc5ccccc45)ccc3c2)c([B])c(-c2nc(-c3ccccc3)nc(-c3ccc4c5ccccc5n(-c5ccccc5)c4c3)n2)c1[B]. The van der Waals surface area contributed by atoms with Crippen LogP contribution < -0.4 is 21.9 Å². The van der Waals surface area contributed by atoms with Gasteiger partial charge in [0.05, 0.1) is 11.0 Å². The van der Waals surface area contributed by atoms with Gasteiger partial charge in [0.2, 0.25) is 0 Å². The van der Waals surface area contributed by atoms with Gasteiger partial charge in [0.15, 0.2) is 17.5 Å². The second kappa shape index (κ2) is 14.7. The van der Waals surface area contributed by atoms with Crippen LogP contribution in [0.3, 0.4) is 0 Å². The van der Waals surface area contributed by atoms with Gasteiger partial charge in [0.1, 0.15) is 31.4 Å². The number of hydrogen-bond donors (Lipinski definition) is 0. The Morgan fingerprint density at radius 3 is 1.69 bits per heavy atom. The van der Waals surface area contributed by atoms with E-state index in [1.54, 1.807) is 0 Å². The maximum atomic E-state index is 7.17. The summed E-state index contributed by atoms with van der Waals surface area (Å²) in [6.45, 7) is 0. The van der Waals surface area contributed by atoms with E-state index < -0.39 is 0 Å². The fourth-order valence-electron chi connectivity index (χ4n) is 8.73. The summed E-state index contributed by atoms with van der Waals surface area (Å²) in [4.78, 5) is 15.2. The summed E-state index contributed by atoms with van der Waals surface area (Å²) in [7, 11) is 27.6. The minimum atomic E-state index is 0.204. The topological polar surface area (TPSA) is 43.6 Å². The quantitative estimate of drug-likeness (QED) is 0.159. The Kier molecular flexibility index (Phi) is 8.82. The fourth-order valence-corrected chi connectivity index (χ4v) is 8.73. The van der Waals surface area contributed by atoms with E-state index >= 15 is 0 Å². The Labute approximate surface area is 358 Å². The zero-order valence-corrected chi connectivity index (χ0v) is 32.9. The molecule has 11 aromatic rings. The van der Waals surface area contributed by atoms with Crippen molar-refractivity contribution in [3.05, 3.63) is 182 Å². The molecule has 0 aliphatic heterocycles. The average Bonchev–Trinajstić information content (AvgIpc) is 3.65. The van der Waals surface area contributed by atoms with Gasteiger partial charge in [-0.15, -0.1) is 5.46 Å². The third kappa shape index (κ3) is 6.17. The molecule has 0 saturated heterocycles. The third-order valence-corrected chi connectivity index (χ3v) is 11.7. The molecule has 11 rings (SSSR count). The predicted molar refractivity (Wildman–Crippen MR) is 258 cm³/mol. The molecule has 61 heavy (non-hydrogen) atoms. The van der Waals surface area contributed by atoms with Crippen LogP contribution in [0.1, 0.15) is 0 Å². The lowest BCUT2D eigenvalue weighted by atomic mass is 9.63. The number of benzene rings is 9. The van der Waals surface area contributed by atoms with Crippen molar-refractivity contribution >= 4 is 96.6 Å². The molecule has 0 aliphatic carbocycles. The molecule has 2 aromatic heterocycles. The predicted octanol–water partition coefficient (Wildman–Crippen LogP) is 8.79. The van der Waals surface area contributed by atoms with Gasteiger partial charge in [0.25, 0.3) is 0 Å².